The summed E-state index contributed by atoms with van der Waals surface area (Å²) in [6.07, 6.45) is 4.86. The summed E-state index contributed by atoms with van der Waals surface area (Å²) in [4.78, 5) is 13.6. The minimum Gasteiger partial charge on any atom is -0.396 e. The average molecular weight is 559 g/mol. The Morgan fingerprint density at radius 1 is 1.30 bits per heavy atom. The third-order valence-electron chi connectivity index (χ3n) is 8.33. The van der Waals surface area contributed by atoms with Gasteiger partial charge in [-0.15, -0.1) is 0 Å². The molecule has 2 aliphatic rings. The van der Waals surface area contributed by atoms with Gasteiger partial charge >= 0.3 is 0 Å². The van der Waals surface area contributed by atoms with E-state index in [9.17, 15) is 4.79 Å². The molecule has 1 saturated heterocycles. The minimum absolute atomic E-state index is 0.0134. The lowest BCUT2D eigenvalue weighted by molar-refractivity contribution is -0.124. The SMILES string of the molecule is CC(C)C(C)(C)C[C@@H]1N[C@@H](C(=O)NCCCCO)[C@H](C2C=CC=C(Cl)C2F)[C@@]1(N)c1ccc(Cl)cc1F. The Morgan fingerprint density at radius 3 is 2.62 bits per heavy atom. The van der Waals surface area contributed by atoms with Gasteiger partial charge in [0.15, 0.2) is 0 Å². The van der Waals surface area contributed by atoms with Crippen LogP contribution >= 0.6 is 23.2 Å². The third kappa shape index (κ3) is 6.22. The Labute approximate surface area is 228 Å². The molecule has 1 aromatic carbocycles. The van der Waals surface area contributed by atoms with Gasteiger partial charge in [0.2, 0.25) is 5.91 Å². The Morgan fingerprint density at radius 2 is 2.00 bits per heavy atom. The first-order valence-corrected chi connectivity index (χ1v) is 13.7. The molecule has 6 atom stereocenters. The molecule has 0 bridgehead atoms. The topological polar surface area (TPSA) is 87.4 Å². The molecule has 0 spiro atoms. The molecule has 1 aromatic rings. The predicted octanol–water partition coefficient (Wildman–Crippen LogP) is 5.20. The molecule has 206 valence electrons. The maximum absolute atomic E-state index is 15.7. The molecule has 2 unspecified atom stereocenters. The van der Waals surface area contributed by atoms with Crippen LogP contribution in [0.4, 0.5) is 8.78 Å². The molecule has 3 rings (SSSR count). The molecular weight excluding hydrogens is 519 g/mol. The summed E-state index contributed by atoms with van der Waals surface area (Å²) in [6.45, 7) is 8.78. The summed E-state index contributed by atoms with van der Waals surface area (Å²) in [7, 11) is 0. The molecule has 5 nitrogen and oxygen atoms in total. The predicted molar refractivity (Wildman–Crippen MR) is 146 cm³/mol. The van der Waals surface area contributed by atoms with E-state index in [-0.39, 0.29) is 39.5 Å². The monoisotopic (exact) mass is 557 g/mol. The van der Waals surface area contributed by atoms with Gasteiger partial charge in [0.25, 0.3) is 0 Å². The number of carbonyl (C=O) groups excluding carboxylic acids is 1. The van der Waals surface area contributed by atoms with Crippen molar-refractivity contribution in [3.05, 3.63) is 57.9 Å². The van der Waals surface area contributed by atoms with Crippen LogP contribution in [0.5, 0.6) is 0 Å². The van der Waals surface area contributed by atoms with E-state index < -0.39 is 41.4 Å². The van der Waals surface area contributed by atoms with Gasteiger partial charge in [0.1, 0.15) is 12.0 Å². The minimum atomic E-state index is -1.60. The highest BCUT2D eigenvalue weighted by Gasteiger charge is 2.60. The number of allylic oxidation sites excluding steroid dienone is 4. The van der Waals surface area contributed by atoms with E-state index in [0.717, 1.165) is 0 Å². The summed E-state index contributed by atoms with van der Waals surface area (Å²) in [6, 6.07) is 2.85. The molecule has 9 heteroatoms. The lowest BCUT2D eigenvalue weighted by atomic mass is 9.63. The van der Waals surface area contributed by atoms with Crippen molar-refractivity contribution >= 4 is 29.1 Å². The number of hydrogen-bond acceptors (Lipinski definition) is 4. The van der Waals surface area contributed by atoms with Crippen molar-refractivity contribution in [3.8, 4) is 0 Å². The number of amides is 1. The molecule has 1 aliphatic heterocycles. The van der Waals surface area contributed by atoms with Crippen LogP contribution in [0.25, 0.3) is 0 Å². The Balaban J connectivity index is 2.15. The van der Waals surface area contributed by atoms with Crippen molar-refractivity contribution in [1.29, 1.82) is 0 Å². The lowest BCUT2D eigenvalue weighted by Crippen LogP contribution is -2.56. The number of benzene rings is 1. The van der Waals surface area contributed by atoms with Crippen molar-refractivity contribution in [2.45, 2.75) is 70.8 Å². The molecule has 5 N–H and O–H groups in total. The van der Waals surface area contributed by atoms with Crippen LogP contribution in [0.3, 0.4) is 0 Å². The van der Waals surface area contributed by atoms with Crippen LogP contribution in [0.15, 0.2) is 41.5 Å². The second-order valence-electron chi connectivity index (χ2n) is 11.3. The molecule has 0 radical (unpaired) electrons. The highest BCUT2D eigenvalue weighted by atomic mass is 35.5. The van der Waals surface area contributed by atoms with Crippen LogP contribution in [-0.2, 0) is 10.3 Å². The zero-order chi connectivity index (χ0) is 27.5. The molecule has 0 aromatic heterocycles. The number of hydrogen-bond donors (Lipinski definition) is 4. The third-order valence-corrected chi connectivity index (χ3v) is 8.90. The highest BCUT2D eigenvalue weighted by molar-refractivity contribution is 6.30. The number of unbranched alkanes of at least 4 members (excludes halogenated alkanes) is 1. The number of rotatable bonds is 10. The van der Waals surface area contributed by atoms with Gasteiger partial charge in [-0.25, -0.2) is 8.78 Å². The van der Waals surface area contributed by atoms with Gasteiger partial charge in [-0.05, 0) is 48.8 Å². The van der Waals surface area contributed by atoms with E-state index in [0.29, 0.717) is 25.8 Å². The number of nitrogens with two attached hydrogens (primary N) is 1. The summed E-state index contributed by atoms with van der Waals surface area (Å²) in [5, 5.41) is 15.6. The summed E-state index contributed by atoms with van der Waals surface area (Å²) < 4.78 is 31.3. The Hall–Kier alpha value is -1.51. The molecule has 1 aliphatic carbocycles. The van der Waals surface area contributed by atoms with Gasteiger partial charge < -0.3 is 21.5 Å². The average Bonchev–Trinajstić information content (AvgIpc) is 3.10. The molecule has 37 heavy (non-hydrogen) atoms. The number of alkyl halides is 1. The first-order valence-electron chi connectivity index (χ1n) is 12.9. The van der Waals surface area contributed by atoms with Gasteiger partial charge in [-0.1, -0.05) is 69.1 Å². The van der Waals surface area contributed by atoms with Gasteiger partial charge in [-0.2, -0.15) is 0 Å². The fraction of sp³-hybridized carbons (Fsp3) is 0.607. The highest BCUT2D eigenvalue weighted by Crippen LogP contribution is 2.50. The summed E-state index contributed by atoms with van der Waals surface area (Å²) in [5.41, 5.74) is 5.75. The zero-order valence-electron chi connectivity index (χ0n) is 21.9. The van der Waals surface area contributed by atoms with Gasteiger partial charge in [0.05, 0.1) is 16.6 Å². The number of aliphatic hydroxyl groups is 1. The van der Waals surface area contributed by atoms with Crippen LogP contribution in [-0.4, -0.2) is 42.4 Å². The van der Waals surface area contributed by atoms with E-state index in [4.69, 9.17) is 34.0 Å². The van der Waals surface area contributed by atoms with Crippen molar-refractivity contribution in [1.82, 2.24) is 10.6 Å². The van der Waals surface area contributed by atoms with Crippen LogP contribution in [0, 0.1) is 29.0 Å². The lowest BCUT2D eigenvalue weighted by Gasteiger charge is -2.44. The molecular formula is C28H39Cl2F2N3O2. The standard InChI is InChI=1S/C28H39Cl2F2N3O2/c1-16(2)27(3,4)15-22-28(33,19-11-10-17(29)14-21(19)31)23(18-8-7-9-20(30)24(18)32)25(35-22)26(37)34-12-5-6-13-36/h7-11,14,16,18,22-25,35-36H,5-6,12-13,15,33H2,1-4H3,(H,34,37)/t18?,22-,23-,24?,25+,28+/m0/s1. The quantitative estimate of drug-likeness (QED) is 0.298. The first-order chi connectivity index (χ1) is 17.3. The summed E-state index contributed by atoms with van der Waals surface area (Å²) >= 11 is 12.3. The van der Waals surface area contributed by atoms with E-state index in [2.05, 4.69) is 38.3 Å². The van der Waals surface area contributed by atoms with Crippen LogP contribution in [0.1, 0.15) is 52.5 Å². The van der Waals surface area contributed by atoms with Gasteiger partial charge in [-0.3, -0.25) is 4.79 Å². The molecule has 0 saturated carbocycles. The summed E-state index contributed by atoms with van der Waals surface area (Å²) in [5.74, 6) is -2.41. The first kappa shape index (κ1) is 30.0. The Kier molecular flexibility index (Phi) is 9.84. The maximum atomic E-state index is 15.7. The smallest absolute Gasteiger partial charge is 0.237 e. The normalized spacial score (nSPS) is 30.0. The number of carbonyl (C=O) groups is 1. The van der Waals surface area contributed by atoms with Gasteiger partial charge in [0, 0.05) is 41.6 Å². The van der Waals surface area contributed by atoms with E-state index in [1.807, 2.05) is 0 Å². The second-order valence-corrected chi connectivity index (χ2v) is 12.1. The van der Waals surface area contributed by atoms with Crippen molar-refractivity contribution < 1.29 is 18.7 Å². The van der Waals surface area contributed by atoms with E-state index >= 15 is 8.78 Å². The van der Waals surface area contributed by atoms with E-state index in [1.54, 1.807) is 24.3 Å². The maximum Gasteiger partial charge on any atom is 0.237 e. The number of halogens is 4. The largest absolute Gasteiger partial charge is 0.396 e. The van der Waals surface area contributed by atoms with Crippen molar-refractivity contribution in [3.63, 3.8) is 0 Å². The number of aliphatic hydroxyl groups excluding tert-OH is 1. The fourth-order valence-corrected chi connectivity index (χ4v) is 5.83. The molecule has 1 amide bonds. The number of nitrogens with one attached hydrogen (secondary N) is 2. The van der Waals surface area contributed by atoms with Crippen molar-refractivity contribution in [2.24, 2.45) is 28.9 Å². The Bertz CT molecular complexity index is 1030. The van der Waals surface area contributed by atoms with Crippen LogP contribution < -0.4 is 16.4 Å². The van der Waals surface area contributed by atoms with E-state index in [1.165, 1.54) is 12.1 Å². The second kappa shape index (κ2) is 12.1. The fourth-order valence-electron chi connectivity index (χ4n) is 5.45. The van der Waals surface area contributed by atoms with Crippen molar-refractivity contribution in [2.75, 3.05) is 13.2 Å². The van der Waals surface area contributed by atoms with Crippen LogP contribution in [0.2, 0.25) is 5.02 Å². The molecule has 1 fully saturated rings. The zero-order valence-corrected chi connectivity index (χ0v) is 23.4. The molecule has 1 heterocycles.